The maximum Gasteiger partial charge on any atom is 0.136 e. The molecule has 2 aromatic heterocycles. The molecule has 3 rings (SSSR count). The van der Waals surface area contributed by atoms with Crippen LogP contribution in [0.15, 0.2) is 42.6 Å². The molecule has 142 valence electrons. The van der Waals surface area contributed by atoms with E-state index >= 15 is 0 Å². The van der Waals surface area contributed by atoms with Crippen LogP contribution in [-0.2, 0) is 0 Å². The molecule has 0 spiro atoms. The summed E-state index contributed by atoms with van der Waals surface area (Å²) in [6.45, 7) is 9.87. The van der Waals surface area contributed by atoms with Crippen molar-refractivity contribution in [3.63, 3.8) is 0 Å². The highest BCUT2D eigenvalue weighted by Gasteiger charge is 2.10. The lowest BCUT2D eigenvalue weighted by Crippen LogP contribution is -2.21. The molecule has 1 aromatic carbocycles. The van der Waals surface area contributed by atoms with Gasteiger partial charge >= 0.3 is 0 Å². The lowest BCUT2D eigenvalue weighted by atomic mass is 10.1. The highest BCUT2D eigenvalue weighted by atomic mass is 15.1. The highest BCUT2D eigenvalue weighted by molar-refractivity contribution is 5.92. The van der Waals surface area contributed by atoms with Crippen molar-refractivity contribution in [3.8, 4) is 11.3 Å². The van der Waals surface area contributed by atoms with Gasteiger partial charge < -0.3 is 16.0 Å². The molecule has 3 aromatic rings. The normalized spacial score (nSPS) is 11.0. The molecule has 0 aliphatic carbocycles. The zero-order valence-electron chi connectivity index (χ0n) is 16.5. The van der Waals surface area contributed by atoms with Crippen molar-refractivity contribution >= 4 is 22.4 Å². The van der Waals surface area contributed by atoms with Crippen molar-refractivity contribution in [2.75, 3.05) is 36.4 Å². The first-order chi connectivity index (χ1) is 13.2. The number of hydrogen-bond acceptors (Lipinski definition) is 5. The molecule has 0 fully saturated rings. The Labute approximate surface area is 161 Å². The number of pyridine rings is 2. The molecule has 5 heteroatoms. The zero-order valence-corrected chi connectivity index (χ0v) is 16.5. The lowest BCUT2D eigenvalue weighted by molar-refractivity contribution is 0.866. The second kappa shape index (κ2) is 8.82. The second-order valence-corrected chi connectivity index (χ2v) is 6.72. The predicted octanol–water partition coefficient (Wildman–Crippen LogP) is 4.21. The van der Waals surface area contributed by atoms with Crippen LogP contribution in [0.25, 0.3) is 22.2 Å². The van der Waals surface area contributed by atoms with E-state index in [-0.39, 0.29) is 0 Å². The molecule has 0 saturated carbocycles. The van der Waals surface area contributed by atoms with Crippen molar-refractivity contribution in [2.24, 2.45) is 5.73 Å². The zero-order chi connectivity index (χ0) is 19.2. The standard InChI is InChI=1S/C22H29N5/c1-4-27(5-2)18-9-7-17(8-10-18)20-14-21-19(13-16(3)15-25-21)22(26-20)24-12-6-11-23/h7-10,13-15H,4-6,11-12,23H2,1-3H3,(H,24,26). The van der Waals surface area contributed by atoms with Crippen LogP contribution in [0.3, 0.4) is 0 Å². The highest BCUT2D eigenvalue weighted by Crippen LogP contribution is 2.28. The Bertz CT molecular complexity index is 885. The Balaban J connectivity index is 1.99. The summed E-state index contributed by atoms with van der Waals surface area (Å²) in [6, 6.07) is 12.8. The summed E-state index contributed by atoms with van der Waals surface area (Å²) in [6.07, 6.45) is 2.81. The maximum atomic E-state index is 5.64. The molecule has 0 aliphatic heterocycles. The smallest absolute Gasteiger partial charge is 0.136 e. The quantitative estimate of drug-likeness (QED) is 0.587. The summed E-state index contributed by atoms with van der Waals surface area (Å²) in [7, 11) is 0. The minimum absolute atomic E-state index is 0.661. The van der Waals surface area contributed by atoms with Gasteiger partial charge in [0.1, 0.15) is 5.82 Å². The average molecular weight is 364 g/mol. The number of fused-ring (bicyclic) bond motifs is 1. The monoisotopic (exact) mass is 363 g/mol. The molecule has 2 heterocycles. The van der Waals surface area contributed by atoms with Gasteiger partial charge in [-0.05, 0) is 63.6 Å². The van der Waals surface area contributed by atoms with Gasteiger partial charge in [0.15, 0.2) is 0 Å². The average Bonchev–Trinajstić information content (AvgIpc) is 2.69. The molecule has 0 bridgehead atoms. The van der Waals surface area contributed by atoms with E-state index in [1.54, 1.807) is 0 Å². The summed E-state index contributed by atoms with van der Waals surface area (Å²) in [5.74, 6) is 0.875. The molecule has 0 amide bonds. The minimum atomic E-state index is 0.661. The van der Waals surface area contributed by atoms with E-state index in [1.165, 1.54) is 5.69 Å². The van der Waals surface area contributed by atoms with Gasteiger partial charge in [-0.2, -0.15) is 0 Å². The van der Waals surface area contributed by atoms with Crippen molar-refractivity contribution < 1.29 is 0 Å². The predicted molar refractivity (Wildman–Crippen MR) is 115 cm³/mol. The molecule has 0 saturated heterocycles. The van der Waals surface area contributed by atoms with E-state index in [9.17, 15) is 0 Å². The Kier molecular flexibility index (Phi) is 6.24. The number of anilines is 2. The summed E-state index contributed by atoms with van der Waals surface area (Å²) < 4.78 is 0. The third-order valence-electron chi connectivity index (χ3n) is 4.78. The molecule has 0 unspecified atom stereocenters. The van der Waals surface area contributed by atoms with Crippen LogP contribution in [0.5, 0.6) is 0 Å². The van der Waals surface area contributed by atoms with E-state index in [0.29, 0.717) is 6.54 Å². The van der Waals surface area contributed by atoms with E-state index in [2.05, 4.69) is 72.4 Å². The molecular weight excluding hydrogens is 334 g/mol. The first-order valence-electron chi connectivity index (χ1n) is 9.73. The number of nitrogens with two attached hydrogens (primary N) is 1. The van der Waals surface area contributed by atoms with Crippen LogP contribution >= 0.6 is 0 Å². The second-order valence-electron chi connectivity index (χ2n) is 6.72. The number of hydrogen-bond donors (Lipinski definition) is 2. The Morgan fingerprint density at radius 1 is 1.07 bits per heavy atom. The van der Waals surface area contributed by atoms with Crippen molar-refractivity contribution in [2.45, 2.75) is 27.2 Å². The van der Waals surface area contributed by atoms with Crippen molar-refractivity contribution in [3.05, 3.63) is 48.2 Å². The van der Waals surface area contributed by atoms with E-state index in [4.69, 9.17) is 10.7 Å². The topological polar surface area (TPSA) is 67.1 Å². The Morgan fingerprint density at radius 2 is 1.81 bits per heavy atom. The van der Waals surface area contributed by atoms with E-state index in [1.807, 2.05) is 6.20 Å². The first-order valence-corrected chi connectivity index (χ1v) is 9.73. The van der Waals surface area contributed by atoms with Gasteiger partial charge in [-0.25, -0.2) is 4.98 Å². The fourth-order valence-electron chi connectivity index (χ4n) is 3.25. The molecular formula is C22H29N5. The third-order valence-corrected chi connectivity index (χ3v) is 4.78. The summed E-state index contributed by atoms with van der Waals surface area (Å²) in [4.78, 5) is 11.8. The van der Waals surface area contributed by atoms with Gasteiger partial charge in [-0.15, -0.1) is 0 Å². The molecule has 5 nitrogen and oxygen atoms in total. The Morgan fingerprint density at radius 3 is 2.48 bits per heavy atom. The van der Waals surface area contributed by atoms with Gasteiger partial charge in [-0.3, -0.25) is 4.98 Å². The van der Waals surface area contributed by atoms with Crippen LogP contribution in [0, 0.1) is 6.92 Å². The SMILES string of the molecule is CCN(CC)c1ccc(-c2cc3ncc(C)cc3c(NCCCN)n2)cc1. The number of rotatable bonds is 8. The molecule has 27 heavy (non-hydrogen) atoms. The molecule has 0 atom stereocenters. The molecule has 0 radical (unpaired) electrons. The Hall–Kier alpha value is -2.66. The summed E-state index contributed by atoms with van der Waals surface area (Å²) >= 11 is 0. The van der Waals surface area contributed by atoms with Crippen LogP contribution in [0.1, 0.15) is 25.8 Å². The van der Waals surface area contributed by atoms with Crippen molar-refractivity contribution in [1.29, 1.82) is 0 Å². The molecule has 3 N–H and O–H groups in total. The lowest BCUT2D eigenvalue weighted by Gasteiger charge is -2.21. The van der Waals surface area contributed by atoms with Gasteiger partial charge in [0.25, 0.3) is 0 Å². The van der Waals surface area contributed by atoms with Crippen LogP contribution in [0.4, 0.5) is 11.5 Å². The summed E-state index contributed by atoms with van der Waals surface area (Å²) in [5, 5.41) is 4.49. The number of benzene rings is 1. The van der Waals surface area contributed by atoms with Crippen LogP contribution < -0.4 is 16.0 Å². The van der Waals surface area contributed by atoms with Gasteiger partial charge in [0.05, 0.1) is 11.2 Å². The number of nitrogens with one attached hydrogen (secondary N) is 1. The van der Waals surface area contributed by atoms with Gasteiger partial charge in [0.2, 0.25) is 0 Å². The number of aromatic nitrogens is 2. The van der Waals surface area contributed by atoms with E-state index in [0.717, 1.165) is 59.6 Å². The largest absolute Gasteiger partial charge is 0.372 e. The fraction of sp³-hybridized carbons (Fsp3) is 0.364. The fourth-order valence-corrected chi connectivity index (χ4v) is 3.25. The van der Waals surface area contributed by atoms with Crippen LogP contribution in [0.2, 0.25) is 0 Å². The number of nitrogens with zero attached hydrogens (tertiary/aromatic N) is 3. The molecule has 0 aliphatic rings. The third kappa shape index (κ3) is 4.37. The summed E-state index contributed by atoms with van der Waals surface area (Å²) in [5.41, 5.74) is 11.0. The van der Waals surface area contributed by atoms with Gasteiger partial charge in [-0.1, -0.05) is 12.1 Å². The minimum Gasteiger partial charge on any atom is -0.372 e. The van der Waals surface area contributed by atoms with E-state index < -0.39 is 0 Å². The number of aryl methyl sites for hydroxylation is 1. The van der Waals surface area contributed by atoms with Gasteiger partial charge in [0, 0.05) is 42.5 Å². The van der Waals surface area contributed by atoms with Crippen LogP contribution in [-0.4, -0.2) is 36.1 Å². The maximum absolute atomic E-state index is 5.64. The first kappa shape index (κ1) is 19.1. The van der Waals surface area contributed by atoms with Crippen molar-refractivity contribution in [1.82, 2.24) is 9.97 Å².